The topological polar surface area (TPSA) is 42.0 Å². The van der Waals surface area contributed by atoms with Crippen LogP contribution in [0, 0.1) is 0 Å². The molecular formula is C7H14O3. The Morgan fingerprint density at radius 2 is 2.40 bits per heavy atom. The van der Waals surface area contributed by atoms with Gasteiger partial charge in [-0.25, -0.2) is 0 Å². The molecule has 1 saturated heterocycles. The van der Waals surface area contributed by atoms with Crippen LogP contribution in [0.2, 0.25) is 0 Å². The molecule has 60 valence electrons. The van der Waals surface area contributed by atoms with Crippen LogP contribution in [0.3, 0.4) is 0 Å². The quantitative estimate of drug-likeness (QED) is 0.444. The molecule has 0 aromatic heterocycles. The van der Waals surface area contributed by atoms with Crippen molar-refractivity contribution in [2.24, 2.45) is 0 Å². The van der Waals surface area contributed by atoms with Gasteiger partial charge < -0.3 is 14.6 Å². The Kier molecular flexibility index (Phi) is 2.65. The summed E-state index contributed by atoms with van der Waals surface area (Å²) in [5.74, 6) is 0. The van der Waals surface area contributed by atoms with E-state index in [1.165, 1.54) is 0 Å². The van der Waals surface area contributed by atoms with E-state index in [9.17, 15) is 0 Å². The standard InChI is InChI=1S/C7H14O3/c1-2-7(6-10-7)5-9-4-3-8/h8H,2-6H2,1H3. The van der Waals surface area contributed by atoms with Crippen molar-refractivity contribution in [1.29, 1.82) is 0 Å². The maximum absolute atomic E-state index is 8.39. The molecule has 0 spiro atoms. The number of hydrogen-bond acceptors (Lipinski definition) is 3. The van der Waals surface area contributed by atoms with Crippen molar-refractivity contribution in [3.05, 3.63) is 0 Å². The molecular weight excluding hydrogens is 132 g/mol. The van der Waals surface area contributed by atoms with E-state index in [1.54, 1.807) is 0 Å². The fraction of sp³-hybridized carbons (Fsp3) is 1.00. The zero-order valence-electron chi connectivity index (χ0n) is 6.30. The minimum atomic E-state index is 0.00910. The molecule has 0 aliphatic carbocycles. The Labute approximate surface area is 60.9 Å². The van der Waals surface area contributed by atoms with Gasteiger partial charge in [0.2, 0.25) is 0 Å². The summed E-state index contributed by atoms with van der Waals surface area (Å²) in [6.45, 7) is 4.04. The van der Waals surface area contributed by atoms with Crippen molar-refractivity contribution >= 4 is 0 Å². The summed E-state index contributed by atoms with van der Waals surface area (Å²) < 4.78 is 10.3. The van der Waals surface area contributed by atoms with Gasteiger partial charge in [0.05, 0.1) is 26.4 Å². The molecule has 1 N–H and O–H groups in total. The summed E-state index contributed by atoms with van der Waals surface area (Å²) >= 11 is 0. The highest BCUT2D eigenvalue weighted by Crippen LogP contribution is 2.30. The van der Waals surface area contributed by atoms with Crippen molar-refractivity contribution in [2.45, 2.75) is 18.9 Å². The zero-order chi connectivity index (χ0) is 7.45. The van der Waals surface area contributed by atoms with Gasteiger partial charge in [-0.15, -0.1) is 0 Å². The second-order valence-electron chi connectivity index (χ2n) is 2.60. The summed E-state index contributed by atoms with van der Waals surface area (Å²) in [7, 11) is 0. The van der Waals surface area contributed by atoms with Gasteiger partial charge in [0, 0.05) is 0 Å². The number of hydrogen-bond donors (Lipinski definition) is 1. The lowest BCUT2D eigenvalue weighted by molar-refractivity contribution is 0.0522. The van der Waals surface area contributed by atoms with Gasteiger partial charge in [-0.3, -0.25) is 0 Å². The Hall–Kier alpha value is -0.120. The van der Waals surface area contributed by atoms with Gasteiger partial charge in [-0.2, -0.15) is 0 Å². The Bertz CT molecular complexity index is 99.0. The Balaban J connectivity index is 2.01. The lowest BCUT2D eigenvalue weighted by Gasteiger charge is -2.07. The van der Waals surface area contributed by atoms with Crippen LogP contribution < -0.4 is 0 Å². The first kappa shape index (κ1) is 7.98. The number of aliphatic hydroxyl groups is 1. The third-order valence-corrected chi connectivity index (χ3v) is 1.80. The van der Waals surface area contributed by atoms with Gasteiger partial charge in [-0.1, -0.05) is 6.92 Å². The molecule has 1 fully saturated rings. The van der Waals surface area contributed by atoms with Crippen LogP contribution in [0.1, 0.15) is 13.3 Å². The lowest BCUT2D eigenvalue weighted by Crippen LogP contribution is -2.19. The van der Waals surface area contributed by atoms with Crippen LogP contribution >= 0.6 is 0 Å². The molecule has 0 radical (unpaired) electrons. The fourth-order valence-electron chi connectivity index (χ4n) is 0.814. The van der Waals surface area contributed by atoms with Gasteiger partial charge in [-0.05, 0) is 6.42 Å². The van der Waals surface area contributed by atoms with Crippen LogP contribution in [0.25, 0.3) is 0 Å². The minimum absolute atomic E-state index is 0.00910. The van der Waals surface area contributed by atoms with Gasteiger partial charge in [0.15, 0.2) is 0 Å². The highest BCUT2D eigenvalue weighted by atomic mass is 16.6. The third kappa shape index (κ3) is 1.94. The third-order valence-electron chi connectivity index (χ3n) is 1.80. The molecule has 0 aromatic rings. The first-order valence-electron chi connectivity index (χ1n) is 3.65. The van der Waals surface area contributed by atoms with E-state index in [0.29, 0.717) is 13.2 Å². The summed E-state index contributed by atoms with van der Waals surface area (Å²) in [5.41, 5.74) is 0.00910. The normalized spacial score (nSPS) is 30.6. The van der Waals surface area contributed by atoms with Crippen LogP contribution in [0.15, 0.2) is 0 Å². The largest absolute Gasteiger partial charge is 0.394 e. The maximum Gasteiger partial charge on any atom is 0.115 e. The zero-order valence-corrected chi connectivity index (χ0v) is 6.30. The number of rotatable bonds is 5. The van der Waals surface area contributed by atoms with E-state index in [4.69, 9.17) is 14.6 Å². The molecule has 3 nitrogen and oxygen atoms in total. The van der Waals surface area contributed by atoms with Crippen molar-refractivity contribution < 1.29 is 14.6 Å². The number of ether oxygens (including phenoxy) is 2. The van der Waals surface area contributed by atoms with E-state index in [0.717, 1.165) is 13.0 Å². The highest BCUT2D eigenvalue weighted by molar-refractivity contribution is 4.90. The number of aliphatic hydroxyl groups excluding tert-OH is 1. The molecule has 0 bridgehead atoms. The minimum Gasteiger partial charge on any atom is -0.394 e. The second kappa shape index (κ2) is 3.32. The molecule has 1 rings (SSSR count). The molecule has 0 saturated carbocycles. The molecule has 10 heavy (non-hydrogen) atoms. The average Bonchev–Trinajstić information content (AvgIpc) is 2.70. The monoisotopic (exact) mass is 146 g/mol. The first-order chi connectivity index (χ1) is 4.83. The molecule has 3 heteroatoms. The van der Waals surface area contributed by atoms with Crippen LogP contribution in [-0.4, -0.2) is 37.1 Å². The van der Waals surface area contributed by atoms with Gasteiger partial charge >= 0.3 is 0 Å². The van der Waals surface area contributed by atoms with E-state index in [2.05, 4.69) is 6.92 Å². The van der Waals surface area contributed by atoms with Gasteiger partial charge in [0.1, 0.15) is 5.60 Å². The van der Waals surface area contributed by atoms with E-state index < -0.39 is 0 Å². The van der Waals surface area contributed by atoms with Crippen molar-refractivity contribution in [3.8, 4) is 0 Å². The summed E-state index contributed by atoms with van der Waals surface area (Å²) in [6, 6.07) is 0. The predicted octanol–water partition coefficient (Wildman–Crippen LogP) is 0.174. The van der Waals surface area contributed by atoms with Crippen molar-refractivity contribution in [2.75, 3.05) is 26.4 Å². The van der Waals surface area contributed by atoms with Crippen LogP contribution in [-0.2, 0) is 9.47 Å². The predicted molar refractivity (Wildman–Crippen MR) is 36.9 cm³/mol. The highest BCUT2D eigenvalue weighted by Gasteiger charge is 2.42. The maximum atomic E-state index is 8.39. The van der Waals surface area contributed by atoms with Crippen LogP contribution in [0.5, 0.6) is 0 Å². The van der Waals surface area contributed by atoms with Crippen LogP contribution in [0.4, 0.5) is 0 Å². The first-order valence-corrected chi connectivity index (χ1v) is 3.65. The molecule has 1 aliphatic rings. The van der Waals surface area contributed by atoms with E-state index >= 15 is 0 Å². The second-order valence-corrected chi connectivity index (χ2v) is 2.60. The Morgan fingerprint density at radius 1 is 1.70 bits per heavy atom. The molecule has 1 aliphatic heterocycles. The van der Waals surface area contributed by atoms with E-state index in [-0.39, 0.29) is 12.2 Å². The smallest absolute Gasteiger partial charge is 0.115 e. The lowest BCUT2D eigenvalue weighted by atomic mass is 10.1. The van der Waals surface area contributed by atoms with E-state index in [1.807, 2.05) is 0 Å². The van der Waals surface area contributed by atoms with Gasteiger partial charge in [0.25, 0.3) is 0 Å². The molecule has 0 amide bonds. The Morgan fingerprint density at radius 3 is 2.80 bits per heavy atom. The molecule has 1 atom stereocenters. The summed E-state index contributed by atoms with van der Waals surface area (Å²) in [4.78, 5) is 0. The fourth-order valence-corrected chi connectivity index (χ4v) is 0.814. The number of epoxide rings is 1. The summed E-state index contributed by atoms with van der Waals surface area (Å²) in [5, 5.41) is 8.39. The summed E-state index contributed by atoms with van der Waals surface area (Å²) in [6.07, 6.45) is 0.998. The molecule has 1 heterocycles. The van der Waals surface area contributed by atoms with Crippen molar-refractivity contribution in [3.63, 3.8) is 0 Å². The SMILES string of the molecule is CCC1(COCCO)CO1. The average molecular weight is 146 g/mol. The molecule has 0 aromatic carbocycles. The van der Waals surface area contributed by atoms with Crippen molar-refractivity contribution in [1.82, 2.24) is 0 Å². The molecule has 1 unspecified atom stereocenters.